The standard InChI is InChI=1S/C17H24N2O3/c1-12-6-5-7-14(13(12)2)15-8-3-4-11-19(15)17(22)18-10-9-16(20)21/h5-7,15H,3-4,8-11H2,1-2H3,(H,18,22)(H,20,21). The van der Waals surface area contributed by atoms with Crippen molar-refractivity contribution in [3.05, 3.63) is 34.9 Å². The number of benzene rings is 1. The molecular weight excluding hydrogens is 280 g/mol. The van der Waals surface area contributed by atoms with Gasteiger partial charge in [-0.1, -0.05) is 18.2 Å². The van der Waals surface area contributed by atoms with Gasteiger partial charge in [-0.3, -0.25) is 4.79 Å². The summed E-state index contributed by atoms with van der Waals surface area (Å²) in [6.07, 6.45) is 3.01. The predicted octanol–water partition coefficient (Wildman–Crippen LogP) is 3.01. The lowest BCUT2D eigenvalue weighted by Crippen LogP contribution is -2.45. The molecule has 1 atom stereocenters. The van der Waals surface area contributed by atoms with Crippen LogP contribution in [0.4, 0.5) is 4.79 Å². The highest BCUT2D eigenvalue weighted by atomic mass is 16.4. The zero-order valence-corrected chi connectivity index (χ0v) is 13.3. The second-order valence-corrected chi connectivity index (χ2v) is 5.87. The molecule has 22 heavy (non-hydrogen) atoms. The molecule has 0 spiro atoms. The number of carboxylic acid groups (broad SMARTS) is 1. The van der Waals surface area contributed by atoms with Crippen molar-refractivity contribution in [2.75, 3.05) is 13.1 Å². The Bertz CT molecular complexity index is 557. The van der Waals surface area contributed by atoms with E-state index in [0.717, 1.165) is 25.8 Å². The minimum absolute atomic E-state index is 0.0479. The Morgan fingerprint density at radius 1 is 1.32 bits per heavy atom. The van der Waals surface area contributed by atoms with Gasteiger partial charge in [-0.05, 0) is 49.8 Å². The van der Waals surface area contributed by atoms with Crippen molar-refractivity contribution in [3.63, 3.8) is 0 Å². The van der Waals surface area contributed by atoms with Crippen LogP contribution in [0.2, 0.25) is 0 Å². The van der Waals surface area contributed by atoms with E-state index in [4.69, 9.17) is 5.11 Å². The number of urea groups is 1. The van der Waals surface area contributed by atoms with Gasteiger partial charge in [0.2, 0.25) is 0 Å². The Morgan fingerprint density at radius 3 is 2.82 bits per heavy atom. The number of carboxylic acids is 1. The summed E-state index contributed by atoms with van der Waals surface area (Å²) in [7, 11) is 0. The van der Waals surface area contributed by atoms with Gasteiger partial charge >= 0.3 is 12.0 Å². The third-order valence-corrected chi connectivity index (χ3v) is 4.38. The SMILES string of the molecule is Cc1cccc(C2CCCCN2C(=O)NCCC(=O)O)c1C. The molecule has 1 saturated heterocycles. The van der Waals surface area contributed by atoms with Crippen LogP contribution in [0.25, 0.3) is 0 Å². The van der Waals surface area contributed by atoms with Crippen molar-refractivity contribution in [2.45, 2.75) is 45.6 Å². The lowest BCUT2D eigenvalue weighted by molar-refractivity contribution is -0.136. The van der Waals surface area contributed by atoms with E-state index in [2.05, 4.69) is 31.3 Å². The van der Waals surface area contributed by atoms with E-state index < -0.39 is 5.97 Å². The zero-order valence-electron chi connectivity index (χ0n) is 13.3. The monoisotopic (exact) mass is 304 g/mol. The average Bonchev–Trinajstić information content (AvgIpc) is 2.49. The van der Waals surface area contributed by atoms with Crippen LogP contribution in [0.1, 0.15) is 48.4 Å². The Hall–Kier alpha value is -2.04. The number of nitrogens with one attached hydrogen (secondary N) is 1. The van der Waals surface area contributed by atoms with Gasteiger partial charge in [-0.25, -0.2) is 4.79 Å². The van der Waals surface area contributed by atoms with Gasteiger partial charge in [0.25, 0.3) is 0 Å². The Balaban J connectivity index is 2.12. The molecule has 5 heteroatoms. The summed E-state index contributed by atoms with van der Waals surface area (Å²) in [4.78, 5) is 24.8. The molecule has 1 aromatic rings. The molecule has 1 heterocycles. The number of aryl methyl sites for hydroxylation is 1. The lowest BCUT2D eigenvalue weighted by atomic mass is 9.91. The summed E-state index contributed by atoms with van der Waals surface area (Å²) in [5.74, 6) is -0.898. The fourth-order valence-corrected chi connectivity index (χ4v) is 3.01. The summed E-state index contributed by atoms with van der Waals surface area (Å²) in [6.45, 7) is 5.07. The van der Waals surface area contributed by atoms with E-state index >= 15 is 0 Å². The number of carbonyl (C=O) groups is 2. The van der Waals surface area contributed by atoms with Crippen LogP contribution >= 0.6 is 0 Å². The molecule has 0 aromatic heterocycles. The molecule has 1 aromatic carbocycles. The molecule has 0 radical (unpaired) electrons. The molecule has 1 aliphatic heterocycles. The quantitative estimate of drug-likeness (QED) is 0.898. The Kier molecular flexibility index (Phi) is 5.41. The molecule has 1 fully saturated rings. The number of amides is 2. The molecule has 2 amide bonds. The van der Waals surface area contributed by atoms with E-state index in [-0.39, 0.29) is 25.0 Å². The maximum atomic E-state index is 12.4. The normalized spacial score (nSPS) is 18.1. The summed E-state index contributed by atoms with van der Waals surface area (Å²) in [6, 6.07) is 6.13. The fraction of sp³-hybridized carbons (Fsp3) is 0.529. The molecule has 5 nitrogen and oxygen atoms in total. The van der Waals surface area contributed by atoms with Gasteiger partial charge in [0.1, 0.15) is 0 Å². The number of nitrogens with zero attached hydrogens (tertiary/aromatic N) is 1. The van der Waals surface area contributed by atoms with Crippen molar-refractivity contribution < 1.29 is 14.7 Å². The maximum Gasteiger partial charge on any atom is 0.317 e. The van der Waals surface area contributed by atoms with Gasteiger partial charge in [0.15, 0.2) is 0 Å². The summed E-state index contributed by atoms with van der Waals surface area (Å²) in [5.41, 5.74) is 3.67. The summed E-state index contributed by atoms with van der Waals surface area (Å²) >= 11 is 0. The predicted molar refractivity (Wildman–Crippen MR) is 84.9 cm³/mol. The highest BCUT2D eigenvalue weighted by molar-refractivity contribution is 5.76. The largest absolute Gasteiger partial charge is 0.481 e. The molecule has 0 saturated carbocycles. The third kappa shape index (κ3) is 3.78. The Morgan fingerprint density at radius 2 is 2.09 bits per heavy atom. The molecule has 0 aliphatic carbocycles. The number of hydrogen-bond acceptors (Lipinski definition) is 2. The van der Waals surface area contributed by atoms with Crippen molar-refractivity contribution >= 4 is 12.0 Å². The molecule has 120 valence electrons. The smallest absolute Gasteiger partial charge is 0.317 e. The first kappa shape index (κ1) is 16.3. The van der Waals surface area contributed by atoms with Gasteiger partial charge in [0.05, 0.1) is 12.5 Å². The highest BCUT2D eigenvalue weighted by Gasteiger charge is 2.28. The summed E-state index contributed by atoms with van der Waals surface area (Å²) < 4.78 is 0. The first-order valence-corrected chi connectivity index (χ1v) is 7.83. The second kappa shape index (κ2) is 7.29. The third-order valence-electron chi connectivity index (χ3n) is 4.38. The first-order valence-electron chi connectivity index (χ1n) is 7.83. The van der Waals surface area contributed by atoms with E-state index in [1.54, 1.807) is 0 Å². The minimum atomic E-state index is -0.898. The highest BCUT2D eigenvalue weighted by Crippen LogP contribution is 2.33. The van der Waals surface area contributed by atoms with Crippen molar-refractivity contribution in [1.82, 2.24) is 10.2 Å². The van der Waals surface area contributed by atoms with Gasteiger partial charge in [0, 0.05) is 13.1 Å². The van der Waals surface area contributed by atoms with Crippen molar-refractivity contribution in [1.29, 1.82) is 0 Å². The molecular formula is C17H24N2O3. The molecule has 2 N–H and O–H groups in total. The number of carbonyl (C=O) groups excluding carboxylic acids is 1. The van der Waals surface area contributed by atoms with Crippen LogP contribution in [-0.4, -0.2) is 35.1 Å². The summed E-state index contributed by atoms with van der Waals surface area (Å²) in [5, 5.41) is 11.4. The minimum Gasteiger partial charge on any atom is -0.481 e. The number of piperidine rings is 1. The number of rotatable bonds is 4. The second-order valence-electron chi connectivity index (χ2n) is 5.87. The topological polar surface area (TPSA) is 69.6 Å². The number of aliphatic carboxylic acids is 1. The van der Waals surface area contributed by atoms with Crippen molar-refractivity contribution in [3.8, 4) is 0 Å². The zero-order chi connectivity index (χ0) is 16.1. The van der Waals surface area contributed by atoms with Crippen LogP contribution in [0.5, 0.6) is 0 Å². The van der Waals surface area contributed by atoms with Crippen LogP contribution < -0.4 is 5.32 Å². The van der Waals surface area contributed by atoms with Gasteiger partial charge < -0.3 is 15.3 Å². The van der Waals surface area contributed by atoms with Crippen molar-refractivity contribution in [2.24, 2.45) is 0 Å². The van der Waals surface area contributed by atoms with Crippen LogP contribution in [-0.2, 0) is 4.79 Å². The molecule has 1 aliphatic rings. The fourth-order valence-electron chi connectivity index (χ4n) is 3.01. The average molecular weight is 304 g/mol. The van der Waals surface area contributed by atoms with Gasteiger partial charge in [-0.2, -0.15) is 0 Å². The first-order chi connectivity index (χ1) is 10.5. The van der Waals surface area contributed by atoms with Crippen LogP contribution in [0.15, 0.2) is 18.2 Å². The lowest BCUT2D eigenvalue weighted by Gasteiger charge is -2.37. The van der Waals surface area contributed by atoms with Crippen LogP contribution in [0, 0.1) is 13.8 Å². The maximum absolute atomic E-state index is 12.4. The van der Waals surface area contributed by atoms with Gasteiger partial charge in [-0.15, -0.1) is 0 Å². The van der Waals surface area contributed by atoms with E-state index in [9.17, 15) is 9.59 Å². The Labute approximate surface area is 131 Å². The van der Waals surface area contributed by atoms with E-state index in [1.165, 1.54) is 16.7 Å². The number of hydrogen-bond donors (Lipinski definition) is 2. The molecule has 2 rings (SSSR count). The van der Waals surface area contributed by atoms with Crippen LogP contribution in [0.3, 0.4) is 0 Å². The van der Waals surface area contributed by atoms with E-state index in [0.29, 0.717) is 0 Å². The van der Waals surface area contributed by atoms with E-state index in [1.807, 2.05) is 11.0 Å². The number of likely N-dealkylation sites (tertiary alicyclic amines) is 1. The molecule has 1 unspecified atom stereocenters. The molecule has 0 bridgehead atoms.